The van der Waals surface area contributed by atoms with Crippen LogP contribution in [0, 0.1) is 24.1 Å². The van der Waals surface area contributed by atoms with Gasteiger partial charge in [-0.2, -0.15) is 4.39 Å². The second kappa shape index (κ2) is 5.94. The predicted molar refractivity (Wildman–Crippen MR) is 59.2 cm³/mol. The van der Waals surface area contributed by atoms with Crippen molar-refractivity contribution in [2.45, 2.75) is 13.3 Å². The monoisotopic (exact) mass is 238 g/mol. The maximum Gasteiger partial charge on any atom is 0.257 e. The Kier molecular flexibility index (Phi) is 4.58. The maximum atomic E-state index is 13.4. The summed E-state index contributed by atoms with van der Waals surface area (Å²) in [5.41, 5.74) is -0.346. The Morgan fingerprint density at radius 3 is 2.88 bits per heavy atom. The van der Waals surface area contributed by atoms with Crippen LogP contribution in [-0.4, -0.2) is 28.9 Å². The lowest BCUT2D eigenvalue weighted by molar-refractivity contribution is 0.0770. The molecule has 1 amide bonds. The summed E-state index contributed by atoms with van der Waals surface area (Å²) >= 11 is 0. The van der Waals surface area contributed by atoms with Gasteiger partial charge in [0.05, 0.1) is 12.1 Å². The van der Waals surface area contributed by atoms with Crippen LogP contribution >= 0.6 is 0 Å². The molecule has 3 nitrogen and oxygen atoms in total. The molecule has 0 fully saturated rings. The molecule has 0 aliphatic heterocycles. The van der Waals surface area contributed by atoms with Crippen molar-refractivity contribution in [3.8, 4) is 12.3 Å². The first-order chi connectivity index (χ1) is 8.11. The lowest BCUT2D eigenvalue weighted by Crippen LogP contribution is -2.33. The number of amides is 1. The van der Waals surface area contributed by atoms with E-state index in [2.05, 4.69) is 10.9 Å². The summed E-state index contributed by atoms with van der Waals surface area (Å²) < 4.78 is 26.2. The Bertz CT molecular complexity index is 454. The van der Waals surface area contributed by atoms with Crippen molar-refractivity contribution in [3.05, 3.63) is 29.6 Å². The van der Waals surface area contributed by atoms with Crippen LogP contribution in [-0.2, 0) is 0 Å². The van der Waals surface area contributed by atoms with E-state index >= 15 is 0 Å². The molecule has 0 aliphatic carbocycles. The van der Waals surface area contributed by atoms with Crippen molar-refractivity contribution < 1.29 is 13.6 Å². The molecule has 0 saturated heterocycles. The van der Waals surface area contributed by atoms with Crippen LogP contribution in [0.1, 0.15) is 23.7 Å². The van der Waals surface area contributed by atoms with Crippen LogP contribution in [0.5, 0.6) is 0 Å². The number of nitrogens with zero attached hydrogens (tertiary/aromatic N) is 2. The zero-order valence-electron chi connectivity index (χ0n) is 9.41. The average molecular weight is 238 g/mol. The number of aromatic nitrogens is 1. The molecular formula is C12H12F2N2O. The zero-order valence-corrected chi connectivity index (χ0v) is 9.41. The van der Waals surface area contributed by atoms with Gasteiger partial charge < -0.3 is 4.90 Å². The Morgan fingerprint density at radius 2 is 2.29 bits per heavy atom. The summed E-state index contributed by atoms with van der Waals surface area (Å²) in [6.45, 7) is 2.32. The fourth-order valence-electron chi connectivity index (χ4n) is 1.39. The molecule has 1 heterocycles. The quantitative estimate of drug-likeness (QED) is 0.592. The van der Waals surface area contributed by atoms with Gasteiger partial charge in [-0.15, -0.1) is 6.42 Å². The number of carbonyl (C=O) groups excluding carboxylic acids is 1. The van der Waals surface area contributed by atoms with Gasteiger partial charge in [-0.25, -0.2) is 9.37 Å². The van der Waals surface area contributed by atoms with Crippen LogP contribution in [0.15, 0.2) is 12.3 Å². The molecule has 17 heavy (non-hydrogen) atoms. The van der Waals surface area contributed by atoms with E-state index in [0.29, 0.717) is 13.0 Å². The summed E-state index contributed by atoms with van der Waals surface area (Å²) in [6.07, 6.45) is 6.85. The van der Waals surface area contributed by atoms with Gasteiger partial charge >= 0.3 is 0 Å². The van der Waals surface area contributed by atoms with Crippen LogP contribution in [0.25, 0.3) is 0 Å². The van der Waals surface area contributed by atoms with E-state index in [1.807, 2.05) is 6.92 Å². The first-order valence-electron chi connectivity index (χ1n) is 5.14. The molecule has 0 spiro atoms. The molecule has 1 aromatic rings. The van der Waals surface area contributed by atoms with Gasteiger partial charge in [-0.3, -0.25) is 4.79 Å². The van der Waals surface area contributed by atoms with E-state index in [9.17, 15) is 13.6 Å². The molecule has 1 rings (SSSR count). The largest absolute Gasteiger partial charge is 0.327 e. The number of hydrogen-bond donors (Lipinski definition) is 0. The highest BCUT2D eigenvalue weighted by molar-refractivity contribution is 5.94. The second-order valence-electron chi connectivity index (χ2n) is 3.39. The van der Waals surface area contributed by atoms with Crippen molar-refractivity contribution >= 4 is 5.91 Å². The van der Waals surface area contributed by atoms with E-state index in [0.717, 1.165) is 12.3 Å². The highest BCUT2D eigenvalue weighted by Gasteiger charge is 2.20. The summed E-state index contributed by atoms with van der Waals surface area (Å²) in [7, 11) is 0. The van der Waals surface area contributed by atoms with Crippen LogP contribution in [0.3, 0.4) is 0 Å². The van der Waals surface area contributed by atoms with Crippen molar-refractivity contribution in [3.63, 3.8) is 0 Å². The van der Waals surface area contributed by atoms with Crippen LogP contribution in [0.2, 0.25) is 0 Å². The molecule has 0 radical (unpaired) electrons. The van der Waals surface area contributed by atoms with Crippen molar-refractivity contribution in [1.82, 2.24) is 9.88 Å². The Morgan fingerprint density at radius 1 is 1.59 bits per heavy atom. The van der Waals surface area contributed by atoms with E-state index in [4.69, 9.17) is 6.42 Å². The van der Waals surface area contributed by atoms with E-state index in [1.165, 1.54) is 4.90 Å². The highest BCUT2D eigenvalue weighted by Crippen LogP contribution is 2.12. The van der Waals surface area contributed by atoms with E-state index < -0.39 is 17.7 Å². The molecular weight excluding hydrogens is 226 g/mol. The molecule has 0 aliphatic rings. The minimum Gasteiger partial charge on any atom is -0.327 e. The first-order valence-corrected chi connectivity index (χ1v) is 5.14. The van der Waals surface area contributed by atoms with Gasteiger partial charge in [0.25, 0.3) is 5.91 Å². The summed E-state index contributed by atoms with van der Waals surface area (Å²) in [5.74, 6) is -0.835. The summed E-state index contributed by atoms with van der Waals surface area (Å²) in [4.78, 5) is 16.3. The average Bonchev–Trinajstić information content (AvgIpc) is 2.31. The van der Waals surface area contributed by atoms with Gasteiger partial charge in [-0.1, -0.05) is 12.8 Å². The van der Waals surface area contributed by atoms with Crippen molar-refractivity contribution in [1.29, 1.82) is 0 Å². The molecule has 0 unspecified atom stereocenters. The number of carbonyl (C=O) groups is 1. The van der Waals surface area contributed by atoms with Crippen molar-refractivity contribution in [2.24, 2.45) is 0 Å². The molecule has 5 heteroatoms. The smallest absolute Gasteiger partial charge is 0.257 e. The standard InChI is InChI=1S/C12H12F2N2O/c1-3-7-16(8-4-2)12(17)9-5-6-15-11(14)10(9)13/h1,5-6H,4,7-8H2,2H3. The molecule has 0 bridgehead atoms. The Hall–Kier alpha value is -1.96. The third-order valence-electron chi connectivity index (χ3n) is 2.14. The fraction of sp³-hybridized carbons (Fsp3) is 0.333. The Balaban J connectivity index is 3.01. The SMILES string of the molecule is C#CCN(CCC)C(=O)c1ccnc(F)c1F. The second-order valence-corrected chi connectivity index (χ2v) is 3.39. The van der Waals surface area contributed by atoms with Gasteiger partial charge in [0.1, 0.15) is 0 Å². The lowest BCUT2D eigenvalue weighted by Gasteiger charge is -2.19. The van der Waals surface area contributed by atoms with Gasteiger partial charge in [0.15, 0.2) is 5.82 Å². The van der Waals surface area contributed by atoms with E-state index in [1.54, 1.807) is 0 Å². The number of halogens is 2. The van der Waals surface area contributed by atoms with Crippen LogP contribution < -0.4 is 0 Å². The predicted octanol–water partition coefficient (Wildman–Crippen LogP) is 1.85. The fourth-order valence-corrected chi connectivity index (χ4v) is 1.39. The normalized spacial score (nSPS) is 9.76. The highest BCUT2D eigenvalue weighted by atomic mass is 19.2. The number of terminal acetylenes is 1. The number of pyridine rings is 1. The third-order valence-corrected chi connectivity index (χ3v) is 2.14. The molecule has 0 N–H and O–H groups in total. The van der Waals surface area contributed by atoms with Crippen LogP contribution in [0.4, 0.5) is 8.78 Å². The lowest BCUT2D eigenvalue weighted by atomic mass is 10.2. The third kappa shape index (κ3) is 3.00. The van der Waals surface area contributed by atoms with Gasteiger partial charge in [0, 0.05) is 12.7 Å². The summed E-state index contributed by atoms with van der Waals surface area (Å²) in [6, 6.07) is 1.14. The van der Waals surface area contributed by atoms with Crippen molar-refractivity contribution in [2.75, 3.05) is 13.1 Å². The maximum absolute atomic E-state index is 13.4. The zero-order chi connectivity index (χ0) is 12.8. The summed E-state index contributed by atoms with van der Waals surface area (Å²) in [5, 5.41) is 0. The van der Waals surface area contributed by atoms with Gasteiger partial charge in [-0.05, 0) is 12.5 Å². The number of hydrogen-bond acceptors (Lipinski definition) is 2. The Labute approximate surface area is 98.5 Å². The minimum atomic E-state index is -1.28. The molecule has 0 atom stereocenters. The molecule has 0 aromatic carbocycles. The first kappa shape index (κ1) is 13.1. The van der Waals surface area contributed by atoms with Gasteiger partial charge in [0.2, 0.25) is 5.95 Å². The molecule has 1 aromatic heterocycles. The molecule has 0 saturated carbocycles. The van der Waals surface area contributed by atoms with E-state index in [-0.39, 0.29) is 12.1 Å². The topological polar surface area (TPSA) is 33.2 Å². The minimum absolute atomic E-state index is 0.0655. The molecule has 90 valence electrons. The number of rotatable bonds is 4.